The van der Waals surface area contributed by atoms with Gasteiger partial charge in [-0.05, 0) is 43.5 Å². The monoisotopic (exact) mass is 501 g/mol. The Morgan fingerprint density at radius 3 is 2.50 bits per heavy atom. The molecule has 8 nitrogen and oxygen atoms in total. The molecule has 4 rings (SSSR count). The molecule has 1 aromatic heterocycles. The highest BCUT2D eigenvalue weighted by Gasteiger charge is 2.29. The number of carbonyl (C=O) groups excluding carboxylic acids is 4. The number of ketones is 1. The standard InChI is InChI=1S/C24H27N3O5S2/c1-32-17-4-2-15(3-5-17)20(28)6-7-21(29)27-11-8-16(9-12-27)23-26-19(14-34-23)22(30)25-18-10-13-33-24(18)31/h2-5,14,16,18H,6-13H2,1H3,(H,25,30). The Bertz CT molecular complexity index is 1060. The maximum absolute atomic E-state index is 12.6. The first-order chi connectivity index (χ1) is 16.4. The number of piperidine rings is 1. The van der Waals surface area contributed by atoms with E-state index in [4.69, 9.17) is 4.74 Å². The minimum absolute atomic E-state index is 0.00606. The molecule has 180 valence electrons. The molecular formula is C24H27N3O5S2. The summed E-state index contributed by atoms with van der Waals surface area (Å²) in [5.41, 5.74) is 0.923. The minimum Gasteiger partial charge on any atom is -0.497 e. The summed E-state index contributed by atoms with van der Waals surface area (Å²) in [7, 11) is 1.57. The van der Waals surface area contributed by atoms with Crippen molar-refractivity contribution in [3.63, 3.8) is 0 Å². The first-order valence-electron chi connectivity index (χ1n) is 11.3. The quantitative estimate of drug-likeness (QED) is 0.554. The van der Waals surface area contributed by atoms with Gasteiger partial charge < -0.3 is 15.0 Å². The van der Waals surface area contributed by atoms with Crippen LogP contribution in [0, 0.1) is 0 Å². The SMILES string of the molecule is COc1ccc(C(=O)CCC(=O)N2CCC(c3nc(C(=O)NC4CCSC4=O)cs3)CC2)cc1. The molecular weight excluding hydrogens is 474 g/mol. The predicted octanol–water partition coefficient (Wildman–Crippen LogP) is 3.28. The van der Waals surface area contributed by atoms with Crippen LogP contribution < -0.4 is 10.1 Å². The summed E-state index contributed by atoms with van der Waals surface area (Å²) in [6, 6.07) is 6.48. The van der Waals surface area contributed by atoms with Crippen LogP contribution in [0.1, 0.15) is 63.9 Å². The molecule has 2 amide bonds. The number of thiazole rings is 1. The van der Waals surface area contributed by atoms with E-state index in [1.54, 1.807) is 36.8 Å². The Balaban J connectivity index is 1.23. The number of likely N-dealkylation sites (tertiary alicyclic amines) is 1. The Morgan fingerprint density at radius 2 is 1.85 bits per heavy atom. The van der Waals surface area contributed by atoms with E-state index in [9.17, 15) is 19.2 Å². The fourth-order valence-corrected chi connectivity index (χ4v) is 6.02. The van der Waals surface area contributed by atoms with Crippen LogP contribution in [-0.4, -0.2) is 64.6 Å². The number of amides is 2. The van der Waals surface area contributed by atoms with Gasteiger partial charge in [-0.25, -0.2) is 4.98 Å². The van der Waals surface area contributed by atoms with Crippen molar-refractivity contribution in [1.29, 1.82) is 0 Å². The molecule has 1 aromatic carbocycles. The van der Waals surface area contributed by atoms with Gasteiger partial charge in [0, 0.05) is 48.5 Å². The van der Waals surface area contributed by atoms with Gasteiger partial charge in [0.05, 0.1) is 18.2 Å². The van der Waals surface area contributed by atoms with Crippen molar-refractivity contribution in [2.45, 2.75) is 44.1 Å². The maximum atomic E-state index is 12.6. The molecule has 2 saturated heterocycles. The number of hydrogen-bond acceptors (Lipinski definition) is 8. The number of methoxy groups -OCH3 is 1. The average molecular weight is 502 g/mol. The predicted molar refractivity (Wildman–Crippen MR) is 131 cm³/mol. The average Bonchev–Trinajstić information content (AvgIpc) is 3.52. The summed E-state index contributed by atoms with van der Waals surface area (Å²) in [6.07, 6.45) is 2.56. The lowest BCUT2D eigenvalue weighted by Gasteiger charge is -2.31. The van der Waals surface area contributed by atoms with Crippen molar-refractivity contribution in [2.24, 2.45) is 0 Å². The normalized spacial score (nSPS) is 18.7. The summed E-state index contributed by atoms with van der Waals surface area (Å²) in [5.74, 6) is 1.24. The molecule has 1 N–H and O–H groups in total. The Morgan fingerprint density at radius 1 is 1.12 bits per heavy atom. The summed E-state index contributed by atoms with van der Waals surface area (Å²) in [6.45, 7) is 1.21. The number of nitrogens with one attached hydrogen (secondary N) is 1. The largest absolute Gasteiger partial charge is 0.497 e. The molecule has 10 heteroatoms. The number of benzene rings is 1. The minimum atomic E-state index is -0.423. The molecule has 0 aliphatic carbocycles. The molecule has 2 aromatic rings. The van der Waals surface area contributed by atoms with Gasteiger partial charge >= 0.3 is 0 Å². The number of ether oxygens (including phenoxy) is 1. The van der Waals surface area contributed by atoms with Gasteiger partial charge in [0.25, 0.3) is 5.91 Å². The molecule has 2 aliphatic rings. The zero-order valence-electron chi connectivity index (χ0n) is 19.0. The van der Waals surface area contributed by atoms with E-state index in [0.29, 0.717) is 36.5 Å². The van der Waals surface area contributed by atoms with Crippen LogP contribution in [0.25, 0.3) is 0 Å². The molecule has 2 aliphatic heterocycles. The van der Waals surface area contributed by atoms with Gasteiger partial charge in [0.1, 0.15) is 11.4 Å². The summed E-state index contributed by atoms with van der Waals surface area (Å²) >= 11 is 2.70. The molecule has 1 unspecified atom stereocenters. The highest BCUT2D eigenvalue weighted by Crippen LogP contribution is 2.31. The second-order valence-electron chi connectivity index (χ2n) is 8.36. The number of nitrogens with zero attached hydrogens (tertiary/aromatic N) is 2. The van der Waals surface area contributed by atoms with Crippen molar-refractivity contribution < 1.29 is 23.9 Å². The fourth-order valence-electron chi connectivity index (χ4n) is 4.11. The highest BCUT2D eigenvalue weighted by molar-refractivity contribution is 8.14. The van der Waals surface area contributed by atoms with Crippen molar-refractivity contribution in [3.8, 4) is 5.75 Å². The van der Waals surface area contributed by atoms with E-state index in [1.807, 2.05) is 4.90 Å². The first kappa shape index (κ1) is 24.4. The number of aromatic nitrogens is 1. The Hall–Kier alpha value is -2.72. The van der Waals surface area contributed by atoms with Crippen LogP contribution in [0.4, 0.5) is 0 Å². The van der Waals surface area contributed by atoms with Gasteiger partial charge in [0.2, 0.25) is 11.0 Å². The topological polar surface area (TPSA) is 106 Å². The molecule has 34 heavy (non-hydrogen) atoms. The lowest BCUT2D eigenvalue weighted by molar-refractivity contribution is -0.132. The zero-order chi connectivity index (χ0) is 24.1. The third-order valence-corrected chi connectivity index (χ3v) is 8.19. The van der Waals surface area contributed by atoms with Crippen molar-refractivity contribution in [3.05, 3.63) is 45.9 Å². The van der Waals surface area contributed by atoms with Crippen molar-refractivity contribution in [1.82, 2.24) is 15.2 Å². The van der Waals surface area contributed by atoms with E-state index in [1.165, 1.54) is 23.1 Å². The van der Waals surface area contributed by atoms with E-state index >= 15 is 0 Å². The molecule has 0 radical (unpaired) electrons. The molecule has 2 fully saturated rings. The second-order valence-corrected chi connectivity index (χ2v) is 10.3. The highest BCUT2D eigenvalue weighted by atomic mass is 32.2. The smallest absolute Gasteiger partial charge is 0.271 e. The van der Waals surface area contributed by atoms with E-state index in [0.717, 1.165) is 23.6 Å². The number of carbonyl (C=O) groups is 4. The van der Waals surface area contributed by atoms with Gasteiger partial charge in [-0.15, -0.1) is 11.3 Å². The second kappa shape index (κ2) is 11.1. The van der Waals surface area contributed by atoms with Crippen molar-refractivity contribution >= 4 is 45.8 Å². The summed E-state index contributed by atoms with van der Waals surface area (Å²) < 4.78 is 5.10. The van der Waals surface area contributed by atoms with E-state index in [2.05, 4.69) is 10.3 Å². The van der Waals surface area contributed by atoms with E-state index in [-0.39, 0.29) is 41.5 Å². The van der Waals surface area contributed by atoms with Crippen LogP contribution in [0.2, 0.25) is 0 Å². The summed E-state index contributed by atoms with van der Waals surface area (Å²) in [5, 5.41) is 5.40. The molecule has 0 bridgehead atoms. The van der Waals surface area contributed by atoms with Gasteiger partial charge in [-0.3, -0.25) is 19.2 Å². The number of hydrogen-bond donors (Lipinski definition) is 1. The van der Waals surface area contributed by atoms with E-state index < -0.39 is 6.04 Å². The van der Waals surface area contributed by atoms with Gasteiger partial charge in [-0.2, -0.15) is 0 Å². The van der Waals surface area contributed by atoms with Gasteiger partial charge in [0.15, 0.2) is 5.78 Å². The van der Waals surface area contributed by atoms with Crippen LogP contribution in [-0.2, 0) is 9.59 Å². The van der Waals surface area contributed by atoms with Gasteiger partial charge in [-0.1, -0.05) is 11.8 Å². The number of Topliss-reactive ketones (excluding diaryl/α,β-unsaturated/α-hetero) is 1. The lowest BCUT2D eigenvalue weighted by Crippen LogP contribution is -2.38. The van der Waals surface area contributed by atoms with Crippen LogP contribution in [0.15, 0.2) is 29.6 Å². The number of rotatable bonds is 8. The maximum Gasteiger partial charge on any atom is 0.271 e. The van der Waals surface area contributed by atoms with Crippen LogP contribution in [0.5, 0.6) is 5.75 Å². The zero-order valence-corrected chi connectivity index (χ0v) is 20.6. The van der Waals surface area contributed by atoms with Crippen LogP contribution >= 0.6 is 23.1 Å². The molecule has 0 saturated carbocycles. The van der Waals surface area contributed by atoms with Crippen LogP contribution in [0.3, 0.4) is 0 Å². The first-order valence-corrected chi connectivity index (χ1v) is 13.2. The Labute approximate surface area is 206 Å². The molecule has 3 heterocycles. The molecule has 1 atom stereocenters. The number of thioether (sulfide) groups is 1. The molecule has 0 spiro atoms. The summed E-state index contributed by atoms with van der Waals surface area (Å²) in [4.78, 5) is 55.5. The Kier molecular flexibility index (Phi) is 7.99. The lowest BCUT2D eigenvalue weighted by atomic mass is 9.97. The van der Waals surface area contributed by atoms with Crippen molar-refractivity contribution in [2.75, 3.05) is 26.0 Å². The fraction of sp³-hybridized carbons (Fsp3) is 0.458. The third-order valence-electron chi connectivity index (χ3n) is 6.17. The third kappa shape index (κ3) is 5.85.